The van der Waals surface area contributed by atoms with Crippen molar-refractivity contribution >= 4 is 34.0 Å². The van der Waals surface area contributed by atoms with E-state index < -0.39 is 5.97 Å². The summed E-state index contributed by atoms with van der Waals surface area (Å²) in [5, 5.41) is 9.64. The number of hydrogen-bond donors (Lipinski definition) is 2. The number of nitrogens with zero attached hydrogens (tertiary/aromatic N) is 3. The van der Waals surface area contributed by atoms with Crippen LogP contribution in [0.3, 0.4) is 0 Å². The number of aliphatic hydroxyl groups excluding tert-OH is 1. The predicted octanol–water partition coefficient (Wildman–Crippen LogP) is 1.90. The third-order valence-corrected chi connectivity index (χ3v) is 3.97. The van der Waals surface area contributed by atoms with E-state index in [1.54, 1.807) is 4.57 Å². The molecule has 0 aliphatic carbocycles. The molecule has 0 aliphatic rings. The Labute approximate surface area is 132 Å². The van der Waals surface area contributed by atoms with Crippen molar-refractivity contribution in [1.82, 2.24) is 14.5 Å². The number of aliphatic hydroxyl groups is 1. The summed E-state index contributed by atoms with van der Waals surface area (Å²) in [7, 11) is 1.29. The first-order valence-electron chi connectivity index (χ1n) is 7.37. The average molecular weight is 314 g/mol. The molecule has 3 rings (SSSR count). The number of aromatic nitrogens is 3. The third kappa shape index (κ3) is 2.29. The van der Waals surface area contributed by atoms with E-state index in [-0.39, 0.29) is 24.0 Å². The standard InChI is InChI=1S/C16H18N4O3/c1-3-9(8-21)20-14(17)12(16(22)23-2)13-15(20)19-11-7-5-4-6-10(11)18-13/h4-7,9,21H,3,8,17H2,1-2H3/t9-/m0/s1. The van der Waals surface area contributed by atoms with E-state index >= 15 is 0 Å². The van der Waals surface area contributed by atoms with Crippen molar-refractivity contribution in [3.8, 4) is 0 Å². The van der Waals surface area contributed by atoms with E-state index in [4.69, 9.17) is 10.5 Å². The minimum absolute atomic E-state index is 0.112. The number of fused-ring (bicyclic) bond motifs is 2. The van der Waals surface area contributed by atoms with Gasteiger partial charge in [-0.2, -0.15) is 0 Å². The Hall–Kier alpha value is -2.67. The van der Waals surface area contributed by atoms with Gasteiger partial charge in [-0.3, -0.25) is 0 Å². The maximum Gasteiger partial charge on any atom is 0.343 e. The zero-order valence-electron chi connectivity index (χ0n) is 13.0. The van der Waals surface area contributed by atoms with Gasteiger partial charge in [0.1, 0.15) is 16.9 Å². The molecule has 0 radical (unpaired) electrons. The Kier molecular flexibility index (Phi) is 3.87. The summed E-state index contributed by atoms with van der Waals surface area (Å²) >= 11 is 0. The highest BCUT2D eigenvalue weighted by molar-refractivity contribution is 6.08. The number of anilines is 1. The maximum absolute atomic E-state index is 12.2. The van der Waals surface area contributed by atoms with Crippen LogP contribution in [-0.4, -0.2) is 39.3 Å². The number of para-hydroxylation sites is 2. The molecule has 3 N–H and O–H groups in total. The van der Waals surface area contributed by atoms with Crippen LogP contribution in [0.1, 0.15) is 29.7 Å². The molecule has 0 aliphatic heterocycles. The van der Waals surface area contributed by atoms with Crippen LogP contribution < -0.4 is 5.73 Å². The number of hydrogen-bond acceptors (Lipinski definition) is 6. The molecule has 3 aromatic rings. The van der Waals surface area contributed by atoms with Crippen molar-refractivity contribution in [1.29, 1.82) is 0 Å². The van der Waals surface area contributed by atoms with Gasteiger partial charge in [0.05, 0.1) is 30.8 Å². The van der Waals surface area contributed by atoms with E-state index in [9.17, 15) is 9.90 Å². The largest absolute Gasteiger partial charge is 0.465 e. The summed E-state index contributed by atoms with van der Waals surface area (Å²) in [5.41, 5.74) is 8.59. The van der Waals surface area contributed by atoms with Gasteiger partial charge < -0.3 is 20.1 Å². The van der Waals surface area contributed by atoms with Crippen LogP contribution in [0.25, 0.3) is 22.2 Å². The molecule has 0 unspecified atom stereocenters. The highest BCUT2D eigenvalue weighted by atomic mass is 16.5. The molecule has 2 aromatic heterocycles. The molecule has 2 heterocycles. The van der Waals surface area contributed by atoms with Crippen molar-refractivity contribution in [3.05, 3.63) is 29.8 Å². The molecule has 7 nitrogen and oxygen atoms in total. The molecule has 1 aromatic carbocycles. The lowest BCUT2D eigenvalue weighted by molar-refractivity contribution is 0.0603. The second kappa shape index (κ2) is 5.85. The quantitative estimate of drug-likeness (QED) is 0.713. The molecule has 0 saturated heterocycles. The van der Waals surface area contributed by atoms with Gasteiger partial charge in [0.25, 0.3) is 0 Å². The van der Waals surface area contributed by atoms with Gasteiger partial charge in [0.2, 0.25) is 0 Å². The fourth-order valence-corrected chi connectivity index (χ4v) is 2.75. The summed E-state index contributed by atoms with van der Waals surface area (Å²) in [6.07, 6.45) is 0.638. The monoisotopic (exact) mass is 314 g/mol. The minimum Gasteiger partial charge on any atom is -0.465 e. The Morgan fingerprint density at radius 1 is 1.35 bits per heavy atom. The molecule has 0 bridgehead atoms. The highest BCUT2D eigenvalue weighted by Gasteiger charge is 2.27. The summed E-state index contributed by atoms with van der Waals surface area (Å²) in [6, 6.07) is 7.09. The lowest BCUT2D eigenvalue weighted by atomic mass is 10.2. The van der Waals surface area contributed by atoms with Gasteiger partial charge >= 0.3 is 5.97 Å². The summed E-state index contributed by atoms with van der Waals surface area (Å²) < 4.78 is 6.50. The smallest absolute Gasteiger partial charge is 0.343 e. The van der Waals surface area contributed by atoms with Gasteiger partial charge in [-0.05, 0) is 18.6 Å². The van der Waals surface area contributed by atoms with E-state index in [0.717, 1.165) is 0 Å². The SMILES string of the molecule is CC[C@@H](CO)n1c(N)c(C(=O)OC)c2nc3ccccc3nc21. The van der Waals surface area contributed by atoms with Crippen molar-refractivity contribution < 1.29 is 14.6 Å². The summed E-state index contributed by atoms with van der Waals surface area (Å²) in [6.45, 7) is 1.82. The number of carbonyl (C=O) groups is 1. The number of rotatable bonds is 4. The molecule has 1 atom stereocenters. The van der Waals surface area contributed by atoms with Crippen LogP contribution in [0.4, 0.5) is 5.82 Å². The Balaban J connectivity index is 2.43. The first kappa shape index (κ1) is 15.2. The van der Waals surface area contributed by atoms with Crippen LogP contribution in [-0.2, 0) is 4.74 Å². The number of methoxy groups -OCH3 is 1. The number of ether oxygens (including phenoxy) is 1. The van der Waals surface area contributed by atoms with Crippen LogP contribution in [0.15, 0.2) is 24.3 Å². The topological polar surface area (TPSA) is 103 Å². The lowest BCUT2D eigenvalue weighted by Crippen LogP contribution is -2.16. The van der Waals surface area contributed by atoms with Gasteiger partial charge in [0.15, 0.2) is 5.65 Å². The first-order chi connectivity index (χ1) is 11.1. The minimum atomic E-state index is -0.566. The summed E-state index contributed by atoms with van der Waals surface area (Å²) in [5.74, 6) is -0.355. The number of carbonyl (C=O) groups excluding carboxylic acids is 1. The predicted molar refractivity (Wildman–Crippen MR) is 87.2 cm³/mol. The molecule has 23 heavy (non-hydrogen) atoms. The molecule has 0 amide bonds. The van der Waals surface area contributed by atoms with Gasteiger partial charge in [-0.25, -0.2) is 14.8 Å². The second-order valence-corrected chi connectivity index (χ2v) is 5.25. The van der Waals surface area contributed by atoms with Crippen molar-refractivity contribution in [2.45, 2.75) is 19.4 Å². The number of nitrogen functional groups attached to an aromatic ring is 1. The molecule has 0 fully saturated rings. The summed E-state index contributed by atoms with van der Waals surface area (Å²) in [4.78, 5) is 21.3. The Morgan fingerprint density at radius 2 is 2.00 bits per heavy atom. The Bertz CT molecular complexity index is 884. The number of nitrogens with two attached hydrogens (primary N) is 1. The lowest BCUT2D eigenvalue weighted by Gasteiger charge is -2.16. The van der Waals surface area contributed by atoms with E-state index in [1.165, 1.54) is 7.11 Å². The average Bonchev–Trinajstić information content (AvgIpc) is 2.85. The molecular formula is C16H18N4O3. The second-order valence-electron chi connectivity index (χ2n) is 5.25. The van der Waals surface area contributed by atoms with Crippen molar-refractivity contribution in [2.24, 2.45) is 0 Å². The molecule has 7 heteroatoms. The first-order valence-corrected chi connectivity index (χ1v) is 7.37. The zero-order valence-corrected chi connectivity index (χ0v) is 13.0. The molecule has 120 valence electrons. The van der Waals surface area contributed by atoms with Crippen molar-refractivity contribution in [2.75, 3.05) is 19.5 Å². The molecule has 0 spiro atoms. The van der Waals surface area contributed by atoms with Gasteiger partial charge in [0, 0.05) is 0 Å². The fourth-order valence-electron chi connectivity index (χ4n) is 2.75. The number of benzene rings is 1. The fraction of sp³-hybridized carbons (Fsp3) is 0.312. The molecular weight excluding hydrogens is 296 g/mol. The van der Waals surface area contributed by atoms with Crippen LogP contribution in [0.2, 0.25) is 0 Å². The number of esters is 1. The normalized spacial score (nSPS) is 12.7. The van der Waals surface area contributed by atoms with E-state index in [2.05, 4.69) is 9.97 Å². The van der Waals surface area contributed by atoms with Crippen LogP contribution in [0, 0.1) is 0 Å². The Morgan fingerprint density at radius 3 is 2.57 bits per heavy atom. The molecule has 0 saturated carbocycles. The van der Waals surface area contributed by atoms with Crippen LogP contribution in [0.5, 0.6) is 0 Å². The third-order valence-electron chi connectivity index (χ3n) is 3.97. The zero-order chi connectivity index (χ0) is 16.6. The van der Waals surface area contributed by atoms with E-state index in [0.29, 0.717) is 28.6 Å². The van der Waals surface area contributed by atoms with Gasteiger partial charge in [-0.1, -0.05) is 19.1 Å². The van der Waals surface area contributed by atoms with E-state index in [1.807, 2.05) is 31.2 Å². The maximum atomic E-state index is 12.2. The van der Waals surface area contributed by atoms with Crippen LogP contribution >= 0.6 is 0 Å². The van der Waals surface area contributed by atoms with Crippen molar-refractivity contribution in [3.63, 3.8) is 0 Å². The highest BCUT2D eigenvalue weighted by Crippen LogP contribution is 2.32. The van der Waals surface area contributed by atoms with Gasteiger partial charge in [-0.15, -0.1) is 0 Å².